The van der Waals surface area contributed by atoms with E-state index in [0.29, 0.717) is 11.8 Å². The van der Waals surface area contributed by atoms with Crippen molar-refractivity contribution in [2.45, 2.75) is 26.2 Å². The van der Waals surface area contributed by atoms with Gasteiger partial charge in [0.25, 0.3) is 13.4 Å². The normalized spacial score (nSPS) is 14.0. The van der Waals surface area contributed by atoms with Crippen molar-refractivity contribution < 1.29 is 14.2 Å². The molecule has 7 aromatic carbocycles. The topological polar surface area (TPSA) is 48.8 Å². The third-order valence-corrected chi connectivity index (χ3v) is 12.7. The first-order valence-electron chi connectivity index (χ1n) is 20.4. The van der Waals surface area contributed by atoms with Gasteiger partial charge in [0, 0.05) is 45.4 Å². The van der Waals surface area contributed by atoms with Gasteiger partial charge in [0.15, 0.2) is 0 Å². The van der Waals surface area contributed by atoms with E-state index in [1.165, 1.54) is 21.8 Å². The summed E-state index contributed by atoms with van der Waals surface area (Å²) in [5.41, 5.74) is 14.1. The molecular formula is C51H35B2N3O3. The number of benzene rings is 7. The smallest absolute Gasteiger partial charge is 0.262 e. The molecule has 4 aliphatic heterocycles. The minimum atomic E-state index is -0.164. The van der Waals surface area contributed by atoms with Crippen LogP contribution in [-0.2, 0) is 5.41 Å². The van der Waals surface area contributed by atoms with Crippen molar-refractivity contribution in [2.24, 2.45) is 0 Å². The Kier molecular flexibility index (Phi) is 6.52. The fraction of sp³-hybridized carbons (Fsp3) is 0.0784. The van der Waals surface area contributed by atoms with Gasteiger partial charge in [0.2, 0.25) is 11.8 Å². The van der Waals surface area contributed by atoms with Gasteiger partial charge in [-0.3, -0.25) is 0 Å². The molecule has 4 aliphatic rings. The molecule has 0 saturated heterocycles. The fourth-order valence-corrected chi connectivity index (χ4v) is 10.1. The van der Waals surface area contributed by atoms with E-state index in [4.69, 9.17) is 19.2 Å². The van der Waals surface area contributed by atoms with Crippen molar-refractivity contribution in [3.8, 4) is 40.4 Å². The summed E-state index contributed by atoms with van der Waals surface area (Å²) in [6, 6.07) is 56.2. The number of pyridine rings is 1. The Labute approximate surface area is 342 Å². The lowest BCUT2D eigenvalue weighted by molar-refractivity contribution is 0.427. The second-order valence-corrected chi connectivity index (χ2v) is 17.1. The van der Waals surface area contributed by atoms with E-state index < -0.39 is 0 Å². The number of rotatable bonds is 2. The van der Waals surface area contributed by atoms with Gasteiger partial charge < -0.3 is 23.7 Å². The minimum absolute atomic E-state index is 0.111. The summed E-state index contributed by atoms with van der Waals surface area (Å²) < 4.78 is 23.1. The SMILES string of the molecule is CC(C)(C)c1cc2c3c(c1)N(c1ccccc1)c1ccccc1B3c1cc3c(nc1O2)Oc1cc(-n2c4ccccc4c4ccccc42)cc2c1B3c1ccccc1O2. The second kappa shape index (κ2) is 11.7. The largest absolute Gasteiger partial charge is 0.458 e. The van der Waals surface area contributed by atoms with Gasteiger partial charge in [0.05, 0.1) is 16.7 Å². The van der Waals surface area contributed by atoms with Gasteiger partial charge in [-0.1, -0.05) is 118 Å². The molecule has 0 bridgehead atoms. The first-order valence-corrected chi connectivity index (χ1v) is 20.4. The number of fused-ring (bicyclic) bond motifs is 11. The van der Waals surface area contributed by atoms with Crippen LogP contribution < -0.4 is 51.9 Å². The number of hydrogen-bond donors (Lipinski definition) is 0. The molecular weight excluding hydrogens is 724 g/mol. The first-order chi connectivity index (χ1) is 28.9. The van der Waals surface area contributed by atoms with E-state index in [1.54, 1.807) is 0 Å². The van der Waals surface area contributed by atoms with Crippen LogP contribution in [-0.4, -0.2) is 23.0 Å². The second-order valence-electron chi connectivity index (χ2n) is 17.1. The molecule has 0 unspecified atom stereocenters. The molecule has 278 valence electrons. The molecule has 13 rings (SSSR count). The zero-order chi connectivity index (χ0) is 39.1. The first kappa shape index (κ1) is 32.9. The molecule has 0 N–H and O–H groups in total. The highest BCUT2D eigenvalue weighted by atomic mass is 16.5. The van der Waals surface area contributed by atoms with Crippen LogP contribution in [0.15, 0.2) is 158 Å². The Morgan fingerprint density at radius 2 is 1.03 bits per heavy atom. The van der Waals surface area contributed by atoms with Gasteiger partial charge >= 0.3 is 0 Å². The molecule has 6 nitrogen and oxygen atoms in total. The third kappa shape index (κ3) is 4.57. The Morgan fingerprint density at radius 1 is 0.458 bits per heavy atom. The lowest BCUT2D eigenvalue weighted by Crippen LogP contribution is -2.63. The lowest BCUT2D eigenvalue weighted by atomic mass is 9.31. The van der Waals surface area contributed by atoms with Gasteiger partial charge in [0.1, 0.15) is 23.0 Å². The lowest BCUT2D eigenvalue weighted by Gasteiger charge is -2.41. The molecule has 8 heteroatoms. The molecule has 0 fully saturated rings. The summed E-state index contributed by atoms with van der Waals surface area (Å²) in [5.74, 6) is 4.30. The van der Waals surface area contributed by atoms with Crippen LogP contribution in [0.2, 0.25) is 0 Å². The standard InChI is InChI=1S/C51H35B2N3O3/c1-51(2,3)30-25-42-47-44(26-30)58-49-37(52(47)35-19-9-13-23-41(35)55(42)31-15-5-4-6-16-31)29-38-50(54-49)59-46-28-32(27-45-48(46)53(38)36-20-10-14-24-43(36)57-45)56-39-21-11-7-17-33(39)34-18-8-12-22-40(34)56/h4-29H,1-3H3. The monoisotopic (exact) mass is 759 g/mol. The van der Waals surface area contributed by atoms with Crippen LogP contribution in [0.1, 0.15) is 26.3 Å². The van der Waals surface area contributed by atoms with Crippen LogP contribution in [0.5, 0.6) is 34.8 Å². The van der Waals surface area contributed by atoms with Crippen molar-refractivity contribution in [1.29, 1.82) is 0 Å². The molecule has 0 spiro atoms. The Balaban J connectivity index is 1.04. The molecule has 6 heterocycles. The van der Waals surface area contributed by atoms with E-state index in [1.807, 2.05) is 6.07 Å². The summed E-state index contributed by atoms with van der Waals surface area (Å²) in [7, 11) is 0. The average Bonchev–Trinajstić information content (AvgIpc) is 3.59. The Bertz CT molecular complexity index is 3230. The molecule has 0 amide bonds. The van der Waals surface area contributed by atoms with Crippen molar-refractivity contribution >= 4 is 85.1 Å². The van der Waals surface area contributed by atoms with Crippen LogP contribution in [0.25, 0.3) is 27.5 Å². The van der Waals surface area contributed by atoms with E-state index in [2.05, 4.69) is 182 Å². The number of ether oxygens (including phenoxy) is 3. The highest BCUT2D eigenvalue weighted by Gasteiger charge is 2.47. The molecule has 0 aliphatic carbocycles. The van der Waals surface area contributed by atoms with E-state index in [-0.39, 0.29) is 18.8 Å². The highest BCUT2D eigenvalue weighted by molar-refractivity contribution is 7.01. The maximum absolute atomic E-state index is 7.02. The number of hydrogen-bond acceptors (Lipinski definition) is 5. The van der Waals surface area contributed by atoms with E-state index in [0.717, 1.165) is 84.1 Å². The summed E-state index contributed by atoms with van der Waals surface area (Å²) in [4.78, 5) is 7.75. The van der Waals surface area contributed by atoms with Gasteiger partial charge in [-0.2, -0.15) is 4.98 Å². The van der Waals surface area contributed by atoms with E-state index >= 15 is 0 Å². The van der Waals surface area contributed by atoms with Crippen LogP contribution in [0, 0.1) is 0 Å². The quantitative estimate of drug-likeness (QED) is 0.165. The number of aromatic nitrogens is 2. The van der Waals surface area contributed by atoms with Crippen LogP contribution >= 0.6 is 0 Å². The zero-order valence-corrected chi connectivity index (χ0v) is 32.7. The summed E-state index contributed by atoms with van der Waals surface area (Å²) in [5, 5.41) is 2.40. The number of anilines is 3. The number of para-hydroxylation sites is 5. The summed E-state index contributed by atoms with van der Waals surface area (Å²) in [6.07, 6.45) is 0. The molecule has 0 atom stereocenters. The van der Waals surface area contributed by atoms with Gasteiger partial charge in [-0.25, -0.2) is 0 Å². The average molecular weight is 759 g/mol. The third-order valence-electron chi connectivity index (χ3n) is 12.7. The molecule has 0 radical (unpaired) electrons. The highest BCUT2D eigenvalue weighted by Crippen LogP contribution is 2.44. The predicted molar refractivity (Wildman–Crippen MR) is 241 cm³/mol. The van der Waals surface area contributed by atoms with Crippen molar-refractivity contribution in [3.63, 3.8) is 0 Å². The Hall–Kier alpha value is -7.18. The van der Waals surface area contributed by atoms with Crippen molar-refractivity contribution in [2.75, 3.05) is 4.90 Å². The molecule has 2 aromatic heterocycles. The predicted octanol–water partition coefficient (Wildman–Crippen LogP) is 8.61. The van der Waals surface area contributed by atoms with E-state index in [9.17, 15) is 0 Å². The number of nitrogens with zero attached hydrogens (tertiary/aromatic N) is 3. The van der Waals surface area contributed by atoms with Crippen molar-refractivity contribution in [1.82, 2.24) is 9.55 Å². The van der Waals surface area contributed by atoms with Crippen LogP contribution in [0.4, 0.5) is 17.1 Å². The molecule has 59 heavy (non-hydrogen) atoms. The zero-order valence-electron chi connectivity index (χ0n) is 32.7. The molecule has 0 saturated carbocycles. The maximum atomic E-state index is 7.02. The molecule has 9 aromatic rings. The maximum Gasteiger partial charge on any atom is 0.262 e. The minimum Gasteiger partial charge on any atom is -0.458 e. The fourth-order valence-electron chi connectivity index (χ4n) is 10.1. The Morgan fingerprint density at radius 3 is 1.75 bits per heavy atom. The summed E-state index contributed by atoms with van der Waals surface area (Å²) in [6.45, 7) is 6.50. The van der Waals surface area contributed by atoms with Crippen molar-refractivity contribution in [3.05, 3.63) is 163 Å². The van der Waals surface area contributed by atoms with Crippen LogP contribution in [0.3, 0.4) is 0 Å². The van der Waals surface area contributed by atoms with Gasteiger partial charge in [-0.15, -0.1) is 0 Å². The van der Waals surface area contributed by atoms with Gasteiger partial charge in [-0.05, 0) is 86.8 Å². The summed E-state index contributed by atoms with van der Waals surface area (Å²) >= 11 is 0.